The van der Waals surface area contributed by atoms with E-state index in [0.29, 0.717) is 6.04 Å². The van der Waals surface area contributed by atoms with Crippen LogP contribution < -0.4 is 5.32 Å². The van der Waals surface area contributed by atoms with Gasteiger partial charge in [-0.1, -0.05) is 6.08 Å². The molecule has 66 valence electrons. The lowest BCUT2D eigenvalue weighted by Crippen LogP contribution is -2.22. The summed E-state index contributed by atoms with van der Waals surface area (Å²) >= 11 is 1.81. The van der Waals surface area contributed by atoms with Gasteiger partial charge < -0.3 is 5.32 Å². The van der Waals surface area contributed by atoms with Gasteiger partial charge in [-0.25, -0.2) is 0 Å². The first-order valence-electron chi connectivity index (χ1n) is 4.13. The standard InChI is InChI=1S/C10H15NS/c1-4-9(3)11-7-10-8(2)5-6-12-10/h4-6,9,11H,1,7H2,2-3H3. The Kier molecular flexibility index (Phi) is 3.50. The third-order valence-electron chi connectivity index (χ3n) is 1.91. The lowest BCUT2D eigenvalue weighted by molar-refractivity contribution is 0.638. The van der Waals surface area contributed by atoms with Gasteiger partial charge in [0, 0.05) is 17.5 Å². The molecule has 0 bridgehead atoms. The normalized spacial score (nSPS) is 12.8. The minimum Gasteiger partial charge on any atom is -0.306 e. The number of nitrogens with one attached hydrogen (secondary N) is 1. The second-order valence-corrected chi connectivity index (χ2v) is 3.93. The van der Waals surface area contributed by atoms with E-state index in [-0.39, 0.29) is 0 Å². The highest BCUT2D eigenvalue weighted by molar-refractivity contribution is 7.10. The van der Waals surface area contributed by atoms with Crippen molar-refractivity contribution in [3.8, 4) is 0 Å². The van der Waals surface area contributed by atoms with Crippen LogP contribution in [0.1, 0.15) is 17.4 Å². The number of thiophene rings is 1. The Labute approximate surface area is 78.1 Å². The van der Waals surface area contributed by atoms with Crippen molar-refractivity contribution in [2.45, 2.75) is 26.4 Å². The largest absolute Gasteiger partial charge is 0.306 e. The quantitative estimate of drug-likeness (QED) is 0.704. The Morgan fingerprint density at radius 2 is 2.50 bits per heavy atom. The van der Waals surface area contributed by atoms with Gasteiger partial charge >= 0.3 is 0 Å². The van der Waals surface area contributed by atoms with E-state index in [4.69, 9.17) is 0 Å². The highest BCUT2D eigenvalue weighted by Gasteiger charge is 2.00. The van der Waals surface area contributed by atoms with Crippen LogP contribution >= 0.6 is 11.3 Å². The molecule has 0 aliphatic rings. The van der Waals surface area contributed by atoms with E-state index in [2.05, 4.69) is 37.2 Å². The molecule has 1 N–H and O–H groups in total. The fraction of sp³-hybridized carbons (Fsp3) is 0.400. The van der Waals surface area contributed by atoms with Crippen LogP contribution in [0.3, 0.4) is 0 Å². The number of aryl methyl sites for hydroxylation is 1. The Morgan fingerprint density at radius 1 is 1.75 bits per heavy atom. The van der Waals surface area contributed by atoms with Gasteiger partial charge in [0.2, 0.25) is 0 Å². The molecule has 0 radical (unpaired) electrons. The number of hydrogen-bond donors (Lipinski definition) is 1. The molecule has 1 heterocycles. The third kappa shape index (κ3) is 2.47. The Morgan fingerprint density at radius 3 is 3.00 bits per heavy atom. The summed E-state index contributed by atoms with van der Waals surface area (Å²) < 4.78 is 0. The van der Waals surface area contributed by atoms with E-state index in [1.807, 2.05) is 6.08 Å². The monoisotopic (exact) mass is 181 g/mol. The molecule has 0 aliphatic carbocycles. The fourth-order valence-electron chi connectivity index (χ4n) is 0.922. The summed E-state index contributed by atoms with van der Waals surface area (Å²) in [5, 5.41) is 5.50. The lowest BCUT2D eigenvalue weighted by Gasteiger charge is -2.07. The molecule has 1 rings (SSSR count). The first kappa shape index (κ1) is 9.49. The summed E-state index contributed by atoms with van der Waals surface area (Å²) in [4.78, 5) is 1.42. The Balaban J connectivity index is 2.43. The van der Waals surface area contributed by atoms with Crippen LogP contribution in [0.15, 0.2) is 24.1 Å². The van der Waals surface area contributed by atoms with Crippen molar-refractivity contribution in [3.05, 3.63) is 34.5 Å². The minimum atomic E-state index is 0.395. The predicted octanol–water partition coefficient (Wildman–Crippen LogP) is 2.72. The summed E-state index contributed by atoms with van der Waals surface area (Å²) in [6.45, 7) is 8.93. The molecule has 0 spiro atoms. The fourth-order valence-corrected chi connectivity index (χ4v) is 1.78. The predicted molar refractivity (Wildman–Crippen MR) is 55.6 cm³/mol. The van der Waals surface area contributed by atoms with Crippen LogP contribution in [-0.4, -0.2) is 6.04 Å². The highest BCUT2D eigenvalue weighted by Crippen LogP contribution is 2.14. The maximum atomic E-state index is 3.72. The molecule has 1 nitrogen and oxygen atoms in total. The van der Waals surface area contributed by atoms with Crippen molar-refractivity contribution < 1.29 is 0 Å². The molecule has 0 saturated heterocycles. The molecule has 1 unspecified atom stereocenters. The smallest absolute Gasteiger partial charge is 0.0307 e. The van der Waals surface area contributed by atoms with E-state index < -0.39 is 0 Å². The summed E-state index contributed by atoms with van der Waals surface area (Å²) in [6, 6.07) is 2.55. The van der Waals surface area contributed by atoms with Crippen LogP contribution in [-0.2, 0) is 6.54 Å². The second kappa shape index (κ2) is 4.43. The van der Waals surface area contributed by atoms with Crippen LogP contribution in [0.5, 0.6) is 0 Å². The molecule has 0 fully saturated rings. The molecular weight excluding hydrogens is 166 g/mol. The minimum absolute atomic E-state index is 0.395. The average molecular weight is 181 g/mol. The molecule has 1 aromatic rings. The number of hydrogen-bond acceptors (Lipinski definition) is 2. The summed E-state index contributed by atoms with van der Waals surface area (Å²) in [7, 11) is 0. The average Bonchev–Trinajstić information content (AvgIpc) is 2.47. The van der Waals surface area contributed by atoms with Crippen molar-refractivity contribution in [3.63, 3.8) is 0 Å². The Bertz CT molecular complexity index is 252. The van der Waals surface area contributed by atoms with Gasteiger partial charge in [-0.15, -0.1) is 17.9 Å². The summed E-state index contributed by atoms with van der Waals surface area (Å²) in [5.74, 6) is 0. The Hall–Kier alpha value is -0.600. The van der Waals surface area contributed by atoms with E-state index in [1.54, 1.807) is 11.3 Å². The maximum absolute atomic E-state index is 3.72. The van der Waals surface area contributed by atoms with Gasteiger partial charge in [0.1, 0.15) is 0 Å². The van der Waals surface area contributed by atoms with Crippen LogP contribution in [0.25, 0.3) is 0 Å². The van der Waals surface area contributed by atoms with Gasteiger partial charge in [0.05, 0.1) is 0 Å². The molecule has 1 aromatic heterocycles. The lowest BCUT2D eigenvalue weighted by atomic mass is 10.2. The molecule has 0 amide bonds. The molecule has 0 aliphatic heterocycles. The van der Waals surface area contributed by atoms with Gasteiger partial charge in [-0.05, 0) is 30.9 Å². The first-order chi connectivity index (χ1) is 5.74. The molecule has 12 heavy (non-hydrogen) atoms. The summed E-state index contributed by atoms with van der Waals surface area (Å²) in [5.41, 5.74) is 1.38. The van der Waals surface area contributed by atoms with Crippen LogP contribution in [0, 0.1) is 6.92 Å². The van der Waals surface area contributed by atoms with Gasteiger partial charge in [-0.3, -0.25) is 0 Å². The SMILES string of the molecule is C=CC(C)NCc1sccc1C. The van der Waals surface area contributed by atoms with Gasteiger partial charge in [0.25, 0.3) is 0 Å². The maximum Gasteiger partial charge on any atom is 0.0307 e. The van der Waals surface area contributed by atoms with Crippen LogP contribution in [0.4, 0.5) is 0 Å². The topological polar surface area (TPSA) is 12.0 Å². The molecule has 2 heteroatoms. The van der Waals surface area contributed by atoms with E-state index >= 15 is 0 Å². The molecule has 0 saturated carbocycles. The third-order valence-corrected chi connectivity index (χ3v) is 2.93. The number of rotatable bonds is 4. The molecular formula is C10H15NS. The van der Waals surface area contributed by atoms with Crippen molar-refractivity contribution in [2.24, 2.45) is 0 Å². The second-order valence-electron chi connectivity index (χ2n) is 2.93. The van der Waals surface area contributed by atoms with Gasteiger partial charge in [-0.2, -0.15) is 0 Å². The zero-order chi connectivity index (χ0) is 8.97. The zero-order valence-electron chi connectivity index (χ0n) is 7.63. The van der Waals surface area contributed by atoms with E-state index in [1.165, 1.54) is 10.4 Å². The van der Waals surface area contributed by atoms with Crippen molar-refractivity contribution >= 4 is 11.3 Å². The van der Waals surface area contributed by atoms with Crippen molar-refractivity contribution in [2.75, 3.05) is 0 Å². The first-order valence-corrected chi connectivity index (χ1v) is 5.01. The molecule has 1 atom stereocenters. The van der Waals surface area contributed by atoms with E-state index in [0.717, 1.165) is 6.54 Å². The molecule has 0 aromatic carbocycles. The van der Waals surface area contributed by atoms with Crippen molar-refractivity contribution in [1.29, 1.82) is 0 Å². The van der Waals surface area contributed by atoms with Gasteiger partial charge in [0.15, 0.2) is 0 Å². The zero-order valence-corrected chi connectivity index (χ0v) is 8.45. The summed E-state index contributed by atoms with van der Waals surface area (Å²) in [6.07, 6.45) is 1.92. The van der Waals surface area contributed by atoms with Crippen LogP contribution in [0.2, 0.25) is 0 Å². The highest BCUT2D eigenvalue weighted by atomic mass is 32.1. The van der Waals surface area contributed by atoms with E-state index in [9.17, 15) is 0 Å². The van der Waals surface area contributed by atoms with Crippen molar-refractivity contribution in [1.82, 2.24) is 5.32 Å².